The molecule has 0 aliphatic carbocycles. The Morgan fingerprint density at radius 2 is 1.92 bits per heavy atom. The van der Waals surface area contributed by atoms with Gasteiger partial charge in [-0.05, 0) is 35.7 Å². The molecule has 0 bridgehead atoms. The number of hydrogen-bond donors (Lipinski definition) is 1. The van der Waals surface area contributed by atoms with Crippen molar-refractivity contribution in [2.45, 2.75) is 13.3 Å². The molecule has 0 amide bonds. The molecule has 2 heterocycles. The SMILES string of the molecule is Cc1c(-c2ccccc2)sc2nc(Cc3cccc(F)c3)[nH]c(=O)c12. The van der Waals surface area contributed by atoms with E-state index in [1.54, 1.807) is 6.07 Å². The lowest BCUT2D eigenvalue weighted by Gasteiger charge is -2.02. The van der Waals surface area contributed by atoms with E-state index in [2.05, 4.69) is 9.97 Å². The van der Waals surface area contributed by atoms with E-state index in [4.69, 9.17) is 0 Å². The number of hydrogen-bond acceptors (Lipinski definition) is 3. The highest BCUT2D eigenvalue weighted by atomic mass is 32.1. The van der Waals surface area contributed by atoms with Crippen molar-refractivity contribution < 1.29 is 4.39 Å². The summed E-state index contributed by atoms with van der Waals surface area (Å²) in [6.45, 7) is 1.95. The van der Waals surface area contributed by atoms with Crippen LogP contribution in [0, 0.1) is 12.7 Å². The van der Waals surface area contributed by atoms with Gasteiger partial charge >= 0.3 is 0 Å². The fourth-order valence-electron chi connectivity index (χ4n) is 2.98. The highest BCUT2D eigenvalue weighted by Gasteiger charge is 2.15. The minimum absolute atomic E-state index is 0.146. The topological polar surface area (TPSA) is 45.8 Å². The Morgan fingerprint density at radius 1 is 1.12 bits per heavy atom. The van der Waals surface area contributed by atoms with Gasteiger partial charge in [-0.1, -0.05) is 42.5 Å². The highest BCUT2D eigenvalue weighted by molar-refractivity contribution is 7.22. The van der Waals surface area contributed by atoms with Crippen LogP contribution in [0.2, 0.25) is 0 Å². The third kappa shape index (κ3) is 2.98. The molecule has 25 heavy (non-hydrogen) atoms. The lowest BCUT2D eigenvalue weighted by Crippen LogP contribution is -2.11. The summed E-state index contributed by atoms with van der Waals surface area (Å²) in [6.07, 6.45) is 0.389. The van der Waals surface area contributed by atoms with Gasteiger partial charge in [0.05, 0.1) is 5.39 Å². The number of fused-ring (bicyclic) bond motifs is 1. The number of rotatable bonds is 3. The Morgan fingerprint density at radius 3 is 2.68 bits per heavy atom. The van der Waals surface area contributed by atoms with Gasteiger partial charge in [-0.25, -0.2) is 9.37 Å². The maximum absolute atomic E-state index is 13.4. The Balaban J connectivity index is 1.81. The second-order valence-corrected chi connectivity index (χ2v) is 6.92. The van der Waals surface area contributed by atoms with Gasteiger partial charge in [-0.2, -0.15) is 0 Å². The lowest BCUT2D eigenvalue weighted by atomic mass is 10.1. The predicted molar refractivity (Wildman–Crippen MR) is 99.6 cm³/mol. The molecule has 0 aliphatic heterocycles. The largest absolute Gasteiger partial charge is 0.310 e. The number of aromatic nitrogens is 2. The second kappa shape index (κ2) is 6.26. The summed E-state index contributed by atoms with van der Waals surface area (Å²) in [5.74, 6) is 0.253. The Kier molecular flexibility index (Phi) is 3.93. The molecule has 0 aliphatic rings. The van der Waals surface area contributed by atoms with Gasteiger partial charge in [0.1, 0.15) is 16.5 Å². The molecular formula is C20H15FN2OS. The van der Waals surface area contributed by atoms with Gasteiger partial charge in [-0.3, -0.25) is 4.79 Å². The van der Waals surface area contributed by atoms with Crippen LogP contribution in [-0.4, -0.2) is 9.97 Å². The number of thiophene rings is 1. The van der Waals surface area contributed by atoms with Crippen molar-refractivity contribution in [1.29, 1.82) is 0 Å². The van der Waals surface area contributed by atoms with Crippen LogP contribution in [-0.2, 0) is 6.42 Å². The van der Waals surface area contributed by atoms with E-state index < -0.39 is 0 Å². The Bertz CT molecular complexity index is 1120. The summed E-state index contributed by atoms with van der Waals surface area (Å²) in [5, 5.41) is 0.631. The number of benzene rings is 2. The summed E-state index contributed by atoms with van der Waals surface area (Å²) in [6, 6.07) is 16.3. The highest BCUT2D eigenvalue weighted by Crippen LogP contribution is 2.35. The van der Waals surface area contributed by atoms with E-state index in [9.17, 15) is 9.18 Å². The zero-order chi connectivity index (χ0) is 17.4. The van der Waals surface area contributed by atoms with Crippen LogP contribution in [0.1, 0.15) is 17.0 Å². The molecule has 4 rings (SSSR count). The minimum Gasteiger partial charge on any atom is -0.310 e. The van der Waals surface area contributed by atoms with Gasteiger partial charge in [0, 0.05) is 11.3 Å². The molecule has 0 unspecified atom stereocenters. The quantitative estimate of drug-likeness (QED) is 0.583. The van der Waals surface area contributed by atoms with Crippen molar-refractivity contribution in [3.05, 3.63) is 87.7 Å². The number of H-pyrrole nitrogens is 1. The number of halogens is 1. The van der Waals surface area contributed by atoms with Gasteiger partial charge in [0.2, 0.25) is 0 Å². The summed E-state index contributed by atoms with van der Waals surface area (Å²) < 4.78 is 13.4. The fourth-order valence-corrected chi connectivity index (χ4v) is 4.18. The molecule has 0 saturated carbocycles. The van der Waals surface area contributed by atoms with E-state index in [1.165, 1.54) is 23.5 Å². The summed E-state index contributed by atoms with van der Waals surface area (Å²) in [5.41, 5.74) is 2.65. The van der Waals surface area contributed by atoms with Crippen LogP contribution in [0.4, 0.5) is 4.39 Å². The van der Waals surface area contributed by atoms with Crippen molar-refractivity contribution in [1.82, 2.24) is 9.97 Å². The summed E-state index contributed by atoms with van der Waals surface area (Å²) >= 11 is 1.51. The minimum atomic E-state index is -0.292. The lowest BCUT2D eigenvalue weighted by molar-refractivity contribution is 0.626. The molecule has 0 fully saturated rings. The predicted octanol–water partition coefficient (Wildman–Crippen LogP) is 4.69. The standard InChI is InChI=1S/C20H15FN2OS/c1-12-17-19(24)22-16(11-13-6-5-9-15(21)10-13)23-20(17)25-18(12)14-7-3-2-4-8-14/h2-10H,11H2,1H3,(H,22,23,24). The molecule has 2 aromatic heterocycles. The van der Waals surface area contributed by atoms with Crippen molar-refractivity contribution >= 4 is 21.6 Å². The third-order valence-corrected chi connectivity index (χ3v) is 5.38. The van der Waals surface area contributed by atoms with Crippen LogP contribution in [0.15, 0.2) is 59.4 Å². The average molecular weight is 350 g/mol. The number of nitrogens with zero attached hydrogens (tertiary/aromatic N) is 1. The van der Waals surface area contributed by atoms with Crippen LogP contribution >= 0.6 is 11.3 Å². The molecular weight excluding hydrogens is 335 g/mol. The van der Waals surface area contributed by atoms with Gasteiger partial charge in [0.25, 0.3) is 5.56 Å². The first-order valence-corrected chi connectivity index (χ1v) is 8.75. The molecule has 1 N–H and O–H groups in total. The summed E-state index contributed by atoms with van der Waals surface area (Å²) in [4.78, 5) is 21.8. The number of nitrogens with one attached hydrogen (secondary N) is 1. The van der Waals surface area contributed by atoms with Crippen molar-refractivity contribution in [2.24, 2.45) is 0 Å². The van der Waals surface area contributed by atoms with Gasteiger partial charge < -0.3 is 4.98 Å². The van der Waals surface area contributed by atoms with Crippen LogP contribution in [0.25, 0.3) is 20.7 Å². The third-order valence-electron chi connectivity index (χ3n) is 4.15. The molecule has 3 nitrogen and oxygen atoms in total. The second-order valence-electron chi connectivity index (χ2n) is 5.92. The molecule has 124 valence electrons. The first-order valence-electron chi connectivity index (χ1n) is 7.94. The first-order chi connectivity index (χ1) is 12.1. The molecule has 0 radical (unpaired) electrons. The normalized spacial score (nSPS) is 11.1. The maximum atomic E-state index is 13.4. The molecule has 0 saturated heterocycles. The van der Waals surface area contributed by atoms with Crippen LogP contribution in [0.3, 0.4) is 0 Å². The maximum Gasteiger partial charge on any atom is 0.259 e. The van der Waals surface area contributed by atoms with E-state index >= 15 is 0 Å². The monoisotopic (exact) mass is 350 g/mol. The first kappa shape index (κ1) is 15.7. The molecule has 2 aromatic carbocycles. The number of aryl methyl sites for hydroxylation is 1. The fraction of sp³-hybridized carbons (Fsp3) is 0.100. The molecule has 0 atom stereocenters. The van der Waals surface area contributed by atoms with E-state index in [0.717, 1.165) is 21.6 Å². The van der Waals surface area contributed by atoms with Crippen molar-refractivity contribution in [2.75, 3.05) is 0 Å². The Hall–Kier alpha value is -2.79. The number of aromatic amines is 1. The van der Waals surface area contributed by atoms with Crippen LogP contribution < -0.4 is 5.56 Å². The zero-order valence-electron chi connectivity index (χ0n) is 13.5. The van der Waals surface area contributed by atoms with E-state index in [-0.39, 0.29) is 11.4 Å². The average Bonchev–Trinajstić information content (AvgIpc) is 2.93. The van der Waals surface area contributed by atoms with E-state index in [1.807, 2.05) is 43.3 Å². The summed E-state index contributed by atoms with van der Waals surface area (Å²) in [7, 11) is 0. The molecule has 0 spiro atoms. The Labute approximate surface area is 147 Å². The molecule has 5 heteroatoms. The van der Waals surface area contributed by atoms with E-state index in [0.29, 0.717) is 22.5 Å². The van der Waals surface area contributed by atoms with Gasteiger partial charge in [-0.15, -0.1) is 11.3 Å². The smallest absolute Gasteiger partial charge is 0.259 e. The molecule has 4 aromatic rings. The van der Waals surface area contributed by atoms with Crippen LogP contribution in [0.5, 0.6) is 0 Å². The van der Waals surface area contributed by atoms with Crippen molar-refractivity contribution in [3.8, 4) is 10.4 Å². The van der Waals surface area contributed by atoms with Gasteiger partial charge in [0.15, 0.2) is 0 Å². The van der Waals surface area contributed by atoms with Crippen molar-refractivity contribution in [3.63, 3.8) is 0 Å². The zero-order valence-corrected chi connectivity index (χ0v) is 14.4.